The number of nitrogens with zero attached hydrogens (tertiary/aromatic N) is 4. The zero-order chi connectivity index (χ0) is 20.2. The minimum Gasteiger partial charge on any atom is -0.243 e. The Bertz CT molecular complexity index is 1150. The van der Waals surface area contributed by atoms with E-state index in [-0.39, 0.29) is 12.1 Å². The fourth-order valence-corrected chi connectivity index (χ4v) is 6.22. The molecule has 0 amide bonds. The molecule has 2 atom stereocenters. The van der Waals surface area contributed by atoms with Gasteiger partial charge >= 0.3 is 0 Å². The van der Waals surface area contributed by atoms with E-state index in [2.05, 4.69) is 10.3 Å². The highest BCUT2D eigenvalue weighted by Crippen LogP contribution is 2.42. The van der Waals surface area contributed by atoms with Gasteiger partial charge < -0.3 is 0 Å². The molecular weight excluding hydrogens is 384 g/mol. The van der Waals surface area contributed by atoms with Crippen LogP contribution in [0.4, 0.5) is 0 Å². The smallest absolute Gasteiger partial charge is 0.243 e. The van der Waals surface area contributed by atoms with Crippen LogP contribution < -0.4 is 0 Å². The van der Waals surface area contributed by atoms with Crippen molar-refractivity contribution in [2.45, 2.75) is 56.6 Å². The van der Waals surface area contributed by atoms with Crippen LogP contribution in [0.1, 0.15) is 42.1 Å². The van der Waals surface area contributed by atoms with Gasteiger partial charge in [0.05, 0.1) is 23.2 Å². The number of hydrogen-bond acceptors (Lipinski definition) is 4. The van der Waals surface area contributed by atoms with Gasteiger partial charge in [-0.2, -0.15) is 4.31 Å². The number of rotatable bonds is 3. The fraction of sp³-hybridized carbons (Fsp3) is 0.364. The van der Waals surface area contributed by atoms with Crippen molar-refractivity contribution in [2.24, 2.45) is 0 Å². The van der Waals surface area contributed by atoms with Crippen LogP contribution in [0, 0.1) is 13.8 Å². The summed E-state index contributed by atoms with van der Waals surface area (Å²) in [6.07, 6.45) is 2.78. The predicted molar refractivity (Wildman–Crippen MR) is 111 cm³/mol. The first-order valence-corrected chi connectivity index (χ1v) is 11.5. The van der Waals surface area contributed by atoms with Gasteiger partial charge in [0.25, 0.3) is 0 Å². The quantitative estimate of drug-likeness (QED) is 0.660. The first kappa shape index (κ1) is 18.5. The molecule has 1 aromatic heterocycles. The highest BCUT2D eigenvalue weighted by molar-refractivity contribution is 7.89. The summed E-state index contributed by atoms with van der Waals surface area (Å²) in [5.74, 6) is 0. The topological polar surface area (TPSA) is 68.1 Å². The van der Waals surface area contributed by atoms with Gasteiger partial charge in [-0.3, -0.25) is 0 Å². The number of hydrogen-bond donors (Lipinski definition) is 0. The molecule has 2 aromatic carbocycles. The molecule has 29 heavy (non-hydrogen) atoms. The maximum atomic E-state index is 13.5. The summed E-state index contributed by atoms with van der Waals surface area (Å²) < 4.78 is 30.7. The molecule has 0 N–H and O–H groups in total. The summed E-state index contributed by atoms with van der Waals surface area (Å²) in [7, 11) is -3.59. The van der Waals surface area contributed by atoms with Gasteiger partial charge in [0.1, 0.15) is 5.69 Å². The van der Waals surface area contributed by atoms with Crippen molar-refractivity contribution in [1.82, 2.24) is 19.3 Å². The summed E-state index contributed by atoms with van der Waals surface area (Å²) in [6, 6.07) is 15.2. The second-order valence-corrected chi connectivity index (χ2v) is 10.0. The SMILES string of the molecule is Cc1ccc(-c2nnn3c2CN(S(=O)(=O)c2ccc(C)cc2)[C@H]2CCC[C@@H]23)cc1. The molecule has 0 saturated heterocycles. The summed E-state index contributed by atoms with van der Waals surface area (Å²) in [5.41, 5.74) is 4.85. The summed E-state index contributed by atoms with van der Waals surface area (Å²) in [5, 5.41) is 8.89. The molecule has 5 rings (SSSR count). The van der Waals surface area contributed by atoms with Crippen molar-refractivity contribution in [1.29, 1.82) is 0 Å². The maximum Gasteiger partial charge on any atom is 0.243 e. The summed E-state index contributed by atoms with van der Waals surface area (Å²) in [6.45, 7) is 4.31. The highest BCUT2D eigenvalue weighted by Gasteiger charge is 2.45. The van der Waals surface area contributed by atoms with Gasteiger partial charge in [-0.05, 0) is 45.2 Å². The van der Waals surface area contributed by atoms with E-state index in [1.54, 1.807) is 16.4 Å². The van der Waals surface area contributed by atoms with Crippen LogP contribution in [0.5, 0.6) is 0 Å². The molecule has 1 aliphatic carbocycles. The van der Waals surface area contributed by atoms with Gasteiger partial charge in [-0.1, -0.05) is 52.7 Å². The maximum absolute atomic E-state index is 13.5. The molecule has 1 aliphatic heterocycles. The molecular formula is C22H24N4O2S. The van der Waals surface area contributed by atoms with E-state index < -0.39 is 10.0 Å². The van der Waals surface area contributed by atoms with E-state index in [0.717, 1.165) is 41.8 Å². The third-order valence-corrected chi connectivity index (χ3v) is 8.06. The lowest BCUT2D eigenvalue weighted by Gasteiger charge is -2.37. The molecule has 0 bridgehead atoms. The van der Waals surface area contributed by atoms with Gasteiger partial charge in [0, 0.05) is 11.6 Å². The molecule has 2 heterocycles. The molecule has 0 spiro atoms. The Hall–Kier alpha value is -2.51. The Morgan fingerprint density at radius 2 is 1.52 bits per heavy atom. The van der Waals surface area contributed by atoms with Crippen LogP contribution in [-0.4, -0.2) is 33.8 Å². The monoisotopic (exact) mass is 408 g/mol. The van der Waals surface area contributed by atoms with Gasteiger partial charge in [0.2, 0.25) is 10.0 Å². The van der Waals surface area contributed by atoms with E-state index in [4.69, 9.17) is 0 Å². The van der Waals surface area contributed by atoms with Crippen LogP contribution >= 0.6 is 0 Å². The number of aromatic nitrogens is 3. The second-order valence-electron chi connectivity index (χ2n) is 8.12. The first-order valence-electron chi connectivity index (χ1n) is 10.0. The number of sulfonamides is 1. The molecule has 2 aliphatic rings. The molecule has 0 unspecified atom stereocenters. The van der Waals surface area contributed by atoms with Crippen LogP contribution in [0.25, 0.3) is 11.3 Å². The number of aryl methyl sites for hydroxylation is 2. The Balaban J connectivity index is 1.60. The predicted octanol–water partition coefficient (Wildman–Crippen LogP) is 3.86. The average molecular weight is 409 g/mol. The third-order valence-electron chi connectivity index (χ3n) is 6.18. The van der Waals surface area contributed by atoms with Crippen molar-refractivity contribution >= 4 is 10.0 Å². The fourth-order valence-electron chi connectivity index (χ4n) is 4.58. The molecule has 150 valence electrons. The van der Waals surface area contributed by atoms with Crippen molar-refractivity contribution in [3.05, 3.63) is 65.4 Å². The van der Waals surface area contributed by atoms with E-state index in [0.29, 0.717) is 11.4 Å². The van der Waals surface area contributed by atoms with Crippen LogP contribution in [0.15, 0.2) is 53.4 Å². The van der Waals surface area contributed by atoms with Crippen LogP contribution in [0.3, 0.4) is 0 Å². The molecule has 3 aromatic rings. The Morgan fingerprint density at radius 1 is 0.897 bits per heavy atom. The lowest BCUT2D eigenvalue weighted by atomic mass is 10.0. The normalized spacial score (nSPS) is 21.7. The summed E-state index contributed by atoms with van der Waals surface area (Å²) >= 11 is 0. The standard InChI is InChI=1S/C22H24N4O2S/c1-15-6-10-17(11-7-15)22-21-14-25(19-4-3-5-20(19)26(21)24-23-22)29(27,28)18-12-8-16(2)9-13-18/h6-13,19-20H,3-5,14H2,1-2H3/t19-,20-/m0/s1. The largest absolute Gasteiger partial charge is 0.243 e. The zero-order valence-corrected chi connectivity index (χ0v) is 17.4. The van der Waals surface area contributed by atoms with Crippen molar-refractivity contribution in [3.8, 4) is 11.3 Å². The van der Waals surface area contributed by atoms with E-state index >= 15 is 0 Å². The molecule has 1 saturated carbocycles. The Labute approximate surface area is 171 Å². The lowest BCUT2D eigenvalue weighted by Crippen LogP contribution is -2.47. The molecule has 1 fully saturated rings. The highest BCUT2D eigenvalue weighted by atomic mass is 32.2. The van der Waals surface area contributed by atoms with Gasteiger partial charge in [-0.15, -0.1) is 5.10 Å². The average Bonchev–Trinajstić information content (AvgIpc) is 3.35. The minimum atomic E-state index is -3.59. The Morgan fingerprint density at radius 3 is 2.21 bits per heavy atom. The number of benzene rings is 2. The van der Waals surface area contributed by atoms with Crippen molar-refractivity contribution in [3.63, 3.8) is 0 Å². The van der Waals surface area contributed by atoms with Gasteiger partial charge in [-0.25, -0.2) is 13.1 Å². The second kappa shape index (κ2) is 6.78. The molecule has 7 heteroatoms. The van der Waals surface area contributed by atoms with Crippen molar-refractivity contribution < 1.29 is 8.42 Å². The zero-order valence-electron chi connectivity index (χ0n) is 16.6. The summed E-state index contributed by atoms with van der Waals surface area (Å²) in [4.78, 5) is 0.353. The molecule has 6 nitrogen and oxygen atoms in total. The van der Waals surface area contributed by atoms with Crippen molar-refractivity contribution in [2.75, 3.05) is 0 Å². The first-order chi connectivity index (χ1) is 13.9. The minimum absolute atomic E-state index is 0.0469. The third kappa shape index (κ3) is 3.00. The van der Waals surface area contributed by atoms with E-state index in [1.807, 2.05) is 54.9 Å². The van der Waals surface area contributed by atoms with Gasteiger partial charge in [0.15, 0.2) is 0 Å². The van der Waals surface area contributed by atoms with E-state index in [9.17, 15) is 8.42 Å². The van der Waals surface area contributed by atoms with Crippen LogP contribution in [0.2, 0.25) is 0 Å². The number of fused-ring (bicyclic) bond motifs is 3. The molecule has 0 radical (unpaired) electrons. The van der Waals surface area contributed by atoms with Crippen LogP contribution in [-0.2, 0) is 16.6 Å². The Kier molecular flexibility index (Phi) is 4.33. The van der Waals surface area contributed by atoms with E-state index in [1.165, 1.54) is 5.56 Å². The lowest BCUT2D eigenvalue weighted by molar-refractivity contribution is 0.201.